The largest absolute Gasteiger partial charge is 0.372 e. The number of carbonyl (C=O) groups excluding carboxylic acids is 1. The lowest BCUT2D eigenvalue weighted by molar-refractivity contribution is 0.0959. The third-order valence-corrected chi connectivity index (χ3v) is 6.04. The number of benzene rings is 1. The molecule has 2 nitrogen and oxygen atoms in total. The molecule has 1 aromatic heterocycles. The Morgan fingerprint density at radius 2 is 1.88 bits per heavy atom. The first-order valence-corrected chi connectivity index (χ1v) is 9.95. The Balaban J connectivity index is 1.71. The molecule has 1 aliphatic carbocycles. The standard InChI is InChI=1S/C20H23NOS2/c22-18(19-12-7-13-24-19)14-17(15-8-3-1-4-9-15)21-20(23)16-10-5-2-6-11-16/h2,5-7,10-13,15,17H,1,3-4,8-9,14H2,(H,21,23). The van der Waals surface area contributed by atoms with Crippen molar-refractivity contribution >= 4 is 34.3 Å². The third-order valence-electron chi connectivity index (χ3n) is 4.77. The van der Waals surface area contributed by atoms with Crippen LogP contribution in [0.1, 0.15) is 53.8 Å². The predicted molar refractivity (Wildman–Crippen MR) is 105 cm³/mol. The zero-order valence-corrected chi connectivity index (χ0v) is 15.4. The quantitative estimate of drug-likeness (QED) is 0.566. The van der Waals surface area contributed by atoms with Gasteiger partial charge in [0.1, 0.15) is 4.99 Å². The van der Waals surface area contributed by atoms with E-state index in [1.807, 2.05) is 47.8 Å². The summed E-state index contributed by atoms with van der Waals surface area (Å²) in [6, 6.07) is 14.0. The average molecular weight is 358 g/mol. The Labute approximate surface area is 153 Å². The van der Waals surface area contributed by atoms with Crippen LogP contribution in [0.15, 0.2) is 47.8 Å². The molecule has 1 saturated carbocycles. The molecule has 1 atom stereocenters. The lowest BCUT2D eigenvalue weighted by Crippen LogP contribution is -2.42. The van der Waals surface area contributed by atoms with Crippen molar-refractivity contribution in [3.05, 3.63) is 58.3 Å². The van der Waals surface area contributed by atoms with E-state index in [2.05, 4.69) is 5.32 Å². The zero-order chi connectivity index (χ0) is 16.8. The van der Waals surface area contributed by atoms with E-state index in [4.69, 9.17) is 12.2 Å². The molecule has 3 rings (SSSR count). The summed E-state index contributed by atoms with van der Waals surface area (Å²) in [5, 5.41) is 5.47. The molecular weight excluding hydrogens is 334 g/mol. The Kier molecular flexibility index (Phi) is 6.16. The van der Waals surface area contributed by atoms with E-state index in [9.17, 15) is 4.79 Å². The van der Waals surface area contributed by atoms with Gasteiger partial charge in [-0.25, -0.2) is 0 Å². The van der Waals surface area contributed by atoms with E-state index in [-0.39, 0.29) is 11.8 Å². The van der Waals surface area contributed by atoms with Crippen LogP contribution in [0, 0.1) is 5.92 Å². The van der Waals surface area contributed by atoms with Gasteiger partial charge in [-0.05, 0) is 30.2 Å². The van der Waals surface area contributed by atoms with Crippen LogP contribution in [-0.4, -0.2) is 16.8 Å². The lowest BCUT2D eigenvalue weighted by Gasteiger charge is -2.31. The second-order valence-electron chi connectivity index (χ2n) is 6.45. The fourth-order valence-corrected chi connectivity index (χ4v) is 4.41. The number of carbonyl (C=O) groups is 1. The topological polar surface area (TPSA) is 29.1 Å². The minimum absolute atomic E-state index is 0.132. The van der Waals surface area contributed by atoms with Crippen LogP contribution >= 0.6 is 23.6 Å². The zero-order valence-electron chi connectivity index (χ0n) is 13.7. The van der Waals surface area contributed by atoms with Crippen molar-refractivity contribution in [3.8, 4) is 0 Å². The summed E-state index contributed by atoms with van der Waals surface area (Å²) in [5.41, 5.74) is 1.02. The maximum atomic E-state index is 12.6. The summed E-state index contributed by atoms with van der Waals surface area (Å²) in [4.78, 5) is 14.2. The molecule has 4 heteroatoms. The van der Waals surface area contributed by atoms with E-state index >= 15 is 0 Å². The van der Waals surface area contributed by atoms with Crippen LogP contribution in [0.3, 0.4) is 0 Å². The highest BCUT2D eigenvalue weighted by atomic mass is 32.1. The monoisotopic (exact) mass is 357 g/mol. The van der Waals surface area contributed by atoms with Crippen LogP contribution in [0.5, 0.6) is 0 Å². The Hall–Kier alpha value is -1.52. The smallest absolute Gasteiger partial charge is 0.174 e. The minimum Gasteiger partial charge on any atom is -0.372 e. The Bertz CT molecular complexity index is 660. The molecule has 0 bridgehead atoms. The van der Waals surface area contributed by atoms with Gasteiger partial charge in [-0.3, -0.25) is 4.79 Å². The van der Waals surface area contributed by atoms with Gasteiger partial charge in [0.15, 0.2) is 5.78 Å². The number of rotatable bonds is 6. The molecule has 1 aromatic carbocycles. The SMILES string of the molecule is O=C(CC(NC(=S)c1ccccc1)C1CCCCC1)c1cccs1. The summed E-state index contributed by atoms with van der Waals surface area (Å²) >= 11 is 7.12. The summed E-state index contributed by atoms with van der Waals surface area (Å²) in [6.45, 7) is 0. The van der Waals surface area contributed by atoms with Gasteiger partial charge in [0, 0.05) is 18.0 Å². The van der Waals surface area contributed by atoms with Crippen LogP contribution in [0.4, 0.5) is 0 Å². The van der Waals surface area contributed by atoms with Gasteiger partial charge in [0.2, 0.25) is 0 Å². The van der Waals surface area contributed by atoms with Gasteiger partial charge < -0.3 is 5.32 Å². The molecule has 0 spiro atoms. The van der Waals surface area contributed by atoms with Crippen molar-refractivity contribution < 1.29 is 4.79 Å². The highest BCUT2D eigenvalue weighted by Gasteiger charge is 2.27. The maximum absolute atomic E-state index is 12.6. The highest BCUT2D eigenvalue weighted by Crippen LogP contribution is 2.29. The summed E-state index contributed by atoms with van der Waals surface area (Å²) < 4.78 is 0. The molecule has 1 heterocycles. The number of hydrogen-bond donors (Lipinski definition) is 1. The van der Waals surface area contributed by atoms with Crippen molar-refractivity contribution in [2.75, 3.05) is 0 Å². The number of Topliss-reactive ketones (excluding diaryl/α,β-unsaturated/α-hetero) is 1. The second kappa shape index (κ2) is 8.54. The summed E-state index contributed by atoms with van der Waals surface area (Å²) in [6.07, 6.45) is 6.73. The van der Waals surface area contributed by atoms with E-state index in [1.165, 1.54) is 43.4 Å². The summed E-state index contributed by atoms with van der Waals surface area (Å²) in [5.74, 6) is 0.758. The lowest BCUT2D eigenvalue weighted by atomic mass is 9.82. The molecule has 0 amide bonds. The van der Waals surface area contributed by atoms with Gasteiger partial charge in [-0.15, -0.1) is 11.3 Å². The van der Waals surface area contributed by atoms with E-state index in [1.54, 1.807) is 0 Å². The van der Waals surface area contributed by atoms with Gasteiger partial charge in [-0.1, -0.05) is 67.9 Å². The van der Waals surface area contributed by atoms with Gasteiger partial charge in [0.05, 0.1) is 4.88 Å². The number of nitrogens with one attached hydrogen (secondary N) is 1. The number of hydrogen-bond acceptors (Lipinski definition) is 3. The molecule has 0 saturated heterocycles. The molecule has 24 heavy (non-hydrogen) atoms. The first-order valence-electron chi connectivity index (χ1n) is 8.66. The van der Waals surface area contributed by atoms with Crippen LogP contribution in [0.25, 0.3) is 0 Å². The fourth-order valence-electron chi connectivity index (χ4n) is 3.45. The molecule has 0 radical (unpaired) electrons. The van der Waals surface area contributed by atoms with E-state index in [0.29, 0.717) is 12.3 Å². The van der Waals surface area contributed by atoms with Crippen LogP contribution in [-0.2, 0) is 0 Å². The first-order chi connectivity index (χ1) is 11.7. The van der Waals surface area contributed by atoms with Crippen molar-refractivity contribution in [3.63, 3.8) is 0 Å². The van der Waals surface area contributed by atoms with Crippen LogP contribution < -0.4 is 5.32 Å². The fraction of sp³-hybridized carbons (Fsp3) is 0.400. The number of thiocarbonyl (C=S) groups is 1. The van der Waals surface area contributed by atoms with Gasteiger partial charge in [-0.2, -0.15) is 0 Å². The second-order valence-corrected chi connectivity index (χ2v) is 7.80. The molecule has 1 aliphatic rings. The molecular formula is C20H23NOS2. The van der Waals surface area contributed by atoms with Crippen molar-refractivity contribution in [1.29, 1.82) is 0 Å². The minimum atomic E-state index is 0.132. The highest BCUT2D eigenvalue weighted by molar-refractivity contribution is 7.80. The Morgan fingerprint density at radius 1 is 1.12 bits per heavy atom. The molecule has 1 N–H and O–H groups in total. The van der Waals surface area contributed by atoms with E-state index < -0.39 is 0 Å². The van der Waals surface area contributed by atoms with Crippen LogP contribution in [0.2, 0.25) is 0 Å². The van der Waals surface area contributed by atoms with Gasteiger partial charge >= 0.3 is 0 Å². The number of thiophene rings is 1. The normalized spacial score (nSPS) is 16.5. The Morgan fingerprint density at radius 3 is 2.54 bits per heavy atom. The third kappa shape index (κ3) is 4.52. The molecule has 1 fully saturated rings. The summed E-state index contributed by atoms with van der Waals surface area (Å²) in [7, 11) is 0. The molecule has 126 valence electrons. The molecule has 1 unspecified atom stereocenters. The van der Waals surface area contributed by atoms with Crippen molar-refractivity contribution in [2.24, 2.45) is 5.92 Å². The van der Waals surface area contributed by atoms with E-state index in [0.717, 1.165) is 15.4 Å². The molecule has 0 aliphatic heterocycles. The van der Waals surface area contributed by atoms with Crippen molar-refractivity contribution in [1.82, 2.24) is 5.32 Å². The van der Waals surface area contributed by atoms with Gasteiger partial charge in [0.25, 0.3) is 0 Å². The van der Waals surface area contributed by atoms with Crippen molar-refractivity contribution in [2.45, 2.75) is 44.6 Å². The predicted octanol–water partition coefficient (Wildman–Crippen LogP) is 5.24. The average Bonchev–Trinajstić information content (AvgIpc) is 3.17. The molecule has 2 aromatic rings. The first kappa shape index (κ1) is 17.3. The maximum Gasteiger partial charge on any atom is 0.174 e. The number of ketones is 1.